The van der Waals surface area contributed by atoms with Crippen LogP contribution in [0.3, 0.4) is 0 Å². The highest BCUT2D eigenvalue weighted by Gasteiger charge is 2.18. The fraction of sp³-hybridized carbons (Fsp3) is 0.619. The maximum atomic E-state index is 12.0. The van der Waals surface area contributed by atoms with Crippen LogP contribution in [0.1, 0.15) is 52.5 Å². The molecule has 0 saturated heterocycles. The van der Waals surface area contributed by atoms with E-state index in [1.165, 1.54) is 6.26 Å². The van der Waals surface area contributed by atoms with Gasteiger partial charge in [-0.3, -0.25) is 4.99 Å². The summed E-state index contributed by atoms with van der Waals surface area (Å²) < 4.78 is 28.4. The third-order valence-corrected chi connectivity index (χ3v) is 5.30. The van der Waals surface area contributed by atoms with Crippen molar-refractivity contribution in [3.8, 4) is 0 Å². The predicted molar refractivity (Wildman–Crippen MR) is 120 cm³/mol. The van der Waals surface area contributed by atoms with Crippen molar-refractivity contribution in [1.82, 2.24) is 16.0 Å². The van der Waals surface area contributed by atoms with Gasteiger partial charge in [-0.1, -0.05) is 31.9 Å². The number of aliphatic imine (C=N–C) groups is 1. The summed E-state index contributed by atoms with van der Waals surface area (Å²) >= 11 is 0. The first-order valence-corrected chi connectivity index (χ1v) is 12.1. The van der Waals surface area contributed by atoms with Gasteiger partial charge in [-0.05, 0) is 44.9 Å². The number of sulfone groups is 1. The van der Waals surface area contributed by atoms with Gasteiger partial charge < -0.3 is 20.7 Å². The first-order chi connectivity index (χ1) is 13.9. The van der Waals surface area contributed by atoms with Crippen molar-refractivity contribution in [2.75, 3.05) is 19.8 Å². The minimum Gasteiger partial charge on any atom is -0.444 e. The van der Waals surface area contributed by atoms with Crippen molar-refractivity contribution in [3.63, 3.8) is 0 Å². The number of carbonyl (C=O) groups excluding carboxylic acids is 1. The fourth-order valence-corrected chi connectivity index (χ4v) is 3.26. The first-order valence-electron chi connectivity index (χ1n) is 10.2. The Morgan fingerprint density at radius 3 is 2.30 bits per heavy atom. The van der Waals surface area contributed by atoms with Crippen LogP contribution in [0.25, 0.3) is 0 Å². The van der Waals surface area contributed by atoms with E-state index in [9.17, 15) is 13.2 Å². The standard InChI is InChI=1S/C21H36N4O4S/c1-7-8-9-17(15-24-20(26)29-21(2,3)4)25-19(22-5)23-14-16-10-12-18(13-11-16)30(6,27)28/h10-13,17H,7-9,14-15H2,1-6H3,(H,24,26)(H2,22,23,25). The number of nitrogens with zero attached hydrogens (tertiary/aromatic N) is 1. The van der Waals surface area contributed by atoms with Crippen LogP contribution in [-0.4, -0.2) is 52.0 Å². The fourth-order valence-electron chi connectivity index (χ4n) is 2.62. The lowest BCUT2D eigenvalue weighted by Gasteiger charge is -2.24. The van der Waals surface area contributed by atoms with Gasteiger partial charge in [0.15, 0.2) is 15.8 Å². The van der Waals surface area contributed by atoms with Gasteiger partial charge in [0, 0.05) is 32.4 Å². The topological polar surface area (TPSA) is 109 Å². The van der Waals surface area contributed by atoms with E-state index in [4.69, 9.17) is 4.74 Å². The second-order valence-electron chi connectivity index (χ2n) is 8.21. The number of hydrogen-bond acceptors (Lipinski definition) is 5. The van der Waals surface area contributed by atoms with E-state index in [2.05, 4.69) is 27.9 Å². The Balaban J connectivity index is 2.64. The van der Waals surface area contributed by atoms with Gasteiger partial charge in [-0.15, -0.1) is 0 Å². The third kappa shape index (κ3) is 10.5. The van der Waals surface area contributed by atoms with E-state index < -0.39 is 21.5 Å². The number of guanidine groups is 1. The van der Waals surface area contributed by atoms with Crippen molar-refractivity contribution >= 4 is 21.9 Å². The van der Waals surface area contributed by atoms with Gasteiger partial charge in [0.05, 0.1) is 4.90 Å². The quantitative estimate of drug-likeness (QED) is 0.402. The smallest absolute Gasteiger partial charge is 0.407 e. The number of unbranched alkanes of at least 4 members (excludes halogenated alkanes) is 1. The van der Waals surface area contributed by atoms with Crippen molar-refractivity contribution in [3.05, 3.63) is 29.8 Å². The van der Waals surface area contributed by atoms with Gasteiger partial charge >= 0.3 is 6.09 Å². The molecule has 8 nitrogen and oxygen atoms in total. The summed E-state index contributed by atoms with van der Waals surface area (Å²) in [6.45, 7) is 8.50. The highest BCUT2D eigenvalue weighted by Crippen LogP contribution is 2.10. The second kappa shape index (κ2) is 11.8. The number of amides is 1. The second-order valence-corrected chi connectivity index (χ2v) is 10.2. The molecule has 1 unspecified atom stereocenters. The van der Waals surface area contributed by atoms with Gasteiger partial charge in [-0.25, -0.2) is 13.2 Å². The Labute approximate surface area is 180 Å². The minimum atomic E-state index is -3.21. The van der Waals surface area contributed by atoms with Crippen LogP contribution in [0.5, 0.6) is 0 Å². The maximum Gasteiger partial charge on any atom is 0.407 e. The molecule has 0 bridgehead atoms. The SMILES string of the molecule is CCCCC(CNC(=O)OC(C)(C)C)NC(=NC)NCc1ccc(S(C)(=O)=O)cc1. The number of alkyl carbamates (subject to hydrolysis) is 1. The van der Waals surface area contributed by atoms with Crippen LogP contribution in [0, 0.1) is 0 Å². The predicted octanol–water partition coefficient (Wildman–Crippen LogP) is 2.84. The van der Waals surface area contributed by atoms with Crippen LogP contribution in [0.15, 0.2) is 34.2 Å². The van der Waals surface area contributed by atoms with Gasteiger partial charge in [0.25, 0.3) is 0 Å². The van der Waals surface area contributed by atoms with Gasteiger partial charge in [-0.2, -0.15) is 0 Å². The molecule has 30 heavy (non-hydrogen) atoms. The molecule has 1 aromatic carbocycles. The van der Waals surface area contributed by atoms with E-state index >= 15 is 0 Å². The van der Waals surface area contributed by atoms with Crippen LogP contribution in [0.2, 0.25) is 0 Å². The van der Waals surface area contributed by atoms with Crippen molar-refractivity contribution in [1.29, 1.82) is 0 Å². The molecule has 0 aliphatic heterocycles. The van der Waals surface area contributed by atoms with Crippen LogP contribution in [-0.2, 0) is 21.1 Å². The monoisotopic (exact) mass is 440 g/mol. The maximum absolute atomic E-state index is 12.0. The Kier molecular flexibility index (Phi) is 10.1. The Morgan fingerprint density at radius 2 is 1.80 bits per heavy atom. The molecule has 9 heteroatoms. The summed E-state index contributed by atoms with van der Waals surface area (Å²) in [4.78, 5) is 16.5. The molecular formula is C21H36N4O4S. The van der Waals surface area contributed by atoms with E-state index in [-0.39, 0.29) is 6.04 Å². The summed E-state index contributed by atoms with van der Waals surface area (Å²) in [5, 5.41) is 9.37. The summed E-state index contributed by atoms with van der Waals surface area (Å²) in [7, 11) is -1.53. The highest BCUT2D eigenvalue weighted by atomic mass is 32.2. The number of nitrogens with one attached hydrogen (secondary N) is 3. The molecule has 0 heterocycles. The molecule has 0 saturated carbocycles. The summed E-state index contributed by atoms with van der Waals surface area (Å²) in [6, 6.07) is 6.73. The molecule has 1 amide bonds. The lowest BCUT2D eigenvalue weighted by molar-refractivity contribution is 0.0522. The average molecular weight is 441 g/mol. The lowest BCUT2D eigenvalue weighted by Crippen LogP contribution is -2.48. The number of carbonyl (C=O) groups is 1. The van der Waals surface area contributed by atoms with E-state index in [1.54, 1.807) is 31.3 Å². The normalized spacial score (nSPS) is 13.5. The molecule has 0 fully saturated rings. The zero-order valence-corrected chi connectivity index (χ0v) is 19.7. The molecule has 3 N–H and O–H groups in total. The minimum absolute atomic E-state index is 0.00345. The molecule has 0 spiro atoms. The van der Waals surface area contributed by atoms with Crippen LogP contribution < -0.4 is 16.0 Å². The lowest BCUT2D eigenvalue weighted by atomic mass is 10.1. The molecule has 0 aromatic heterocycles. The Bertz CT molecular complexity index is 799. The molecule has 0 aliphatic rings. The van der Waals surface area contributed by atoms with Gasteiger partial charge in [0.1, 0.15) is 5.60 Å². The number of rotatable bonds is 9. The molecule has 1 atom stereocenters. The summed E-state index contributed by atoms with van der Waals surface area (Å²) in [5.74, 6) is 0.606. The molecule has 170 valence electrons. The molecule has 0 aliphatic carbocycles. The zero-order valence-electron chi connectivity index (χ0n) is 18.9. The highest BCUT2D eigenvalue weighted by molar-refractivity contribution is 7.90. The Hall–Kier alpha value is -2.29. The average Bonchev–Trinajstić information content (AvgIpc) is 2.65. The molecule has 1 rings (SSSR count). The number of hydrogen-bond donors (Lipinski definition) is 3. The number of benzene rings is 1. The van der Waals surface area contributed by atoms with E-state index in [1.807, 2.05) is 20.8 Å². The van der Waals surface area contributed by atoms with Crippen molar-refractivity contribution in [2.24, 2.45) is 4.99 Å². The molecule has 1 aromatic rings. The number of ether oxygens (including phenoxy) is 1. The van der Waals surface area contributed by atoms with Crippen molar-refractivity contribution < 1.29 is 17.9 Å². The first kappa shape index (κ1) is 25.7. The van der Waals surface area contributed by atoms with Crippen molar-refractivity contribution in [2.45, 2.75) is 70.0 Å². The van der Waals surface area contributed by atoms with Crippen LogP contribution in [0.4, 0.5) is 4.79 Å². The van der Waals surface area contributed by atoms with Crippen LogP contribution >= 0.6 is 0 Å². The third-order valence-electron chi connectivity index (χ3n) is 4.17. The molecular weight excluding hydrogens is 404 g/mol. The zero-order chi connectivity index (χ0) is 22.8. The van der Waals surface area contributed by atoms with Gasteiger partial charge in [0.2, 0.25) is 0 Å². The summed E-state index contributed by atoms with van der Waals surface area (Å²) in [5.41, 5.74) is 0.392. The largest absolute Gasteiger partial charge is 0.444 e. The van der Waals surface area contributed by atoms with E-state index in [0.717, 1.165) is 24.8 Å². The summed E-state index contributed by atoms with van der Waals surface area (Å²) in [6.07, 6.45) is 3.67. The Morgan fingerprint density at radius 1 is 1.17 bits per heavy atom. The van der Waals surface area contributed by atoms with E-state index in [0.29, 0.717) is 23.9 Å². The molecule has 0 radical (unpaired) electrons.